The number of carboxylic acids is 1. The summed E-state index contributed by atoms with van der Waals surface area (Å²) in [5, 5.41) is 18.7. The molecule has 0 saturated heterocycles. The summed E-state index contributed by atoms with van der Waals surface area (Å²) in [7, 11) is 0. The van der Waals surface area contributed by atoms with Crippen LogP contribution in [0.3, 0.4) is 0 Å². The molecule has 4 N–H and O–H groups in total. The minimum atomic E-state index is -1.04. The maximum absolute atomic E-state index is 12.4. The maximum Gasteiger partial charge on any atom is 0.326 e. The number of nitrogens with one attached hydrogen (secondary N) is 3. The molecule has 136 valence electrons. The molecule has 0 aromatic heterocycles. The van der Waals surface area contributed by atoms with Gasteiger partial charge < -0.3 is 21.1 Å². The molecule has 0 aliphatic carbocycles. The van der Waals surface area contributed by atoms with Crippen molar-refractivity contribution in [2.45, 2.75) is 18.5 Å². The van der Waals surface area contributed by atoms with Crippen molar-refractivity contribution in [2.24, 2.45) is 0 Å². The largest absolute Gasteiger partial charge is 0.480 e. The number of carboxylic acid groups (broad SMARTS) is 1. The number of halogens is 3. The molecule has 0 saturated carbocycles. The topological polar surface area (TPSA) is 90.5 Å². The highest BCUT2D eigenvalue weighted by Crippen LogP contribution is 2.40. The van der Waals surface area contributed by atoms with Gasteiger partial charge in [-0.15, -0.1) is 0 Å². The molecular formula is C17H14Cl3N3O3. The number of urea groups is 1. The molecule has 2 aromatic rings. The lowest BCUT2D eigenvalue weighted by Gasteiger charge is -2.32. The first-order valence-corrected chi connectivity index (χ1v) is 8.79. The summed E-state index contributed by atoms with van der Waals surface area (Å²) in [6, 6.07) is 7.90. The number of carbonyl (C=O) groups excluding carboxylic acids is 1. The summed E-state index contributed by atoms with van der Waals surface area (Å²) in [4.78, 5) is 23.8. The van der Waals surface area contributed by atoms with E-state index in [0.717, 1.165) is 0 Å². The number of hydrogen-bond acceptors (Lipinski definition) is 3. The smallest absolute Gasteiger partial charge is 0.326 e. The van der Waals surface area contributed by atoms with Crippen LogP contribution in [0.15, 0.2) is 36.4 Å². The van der Waals surface area contributed by atoms with Crippen LogP contribution in [0.2, 0.25) is 15.1 Å². The number of para-hydroxylation sites is 1. The molecule has 3 rings (SSSR count). The van der Waals surface area contributed by atoms with Gasteiger partial charge in [0.05, 0.1) is 16.8 Å². The Bertz CT molecular complexity index is 876. The van der Waals surface area contributed by atoms with E-state index >= 15 is 0 Å². The molecule has 0 unspecified atom stereocenters. The van der Waals surface area contributed by atoms with Crippen LogP contribution in [0.25, 0.3) is 0 Å². The van der Waals surface area contributed by atoms with Gasteiger partial charge in [-0.05, 0) is 24.3 Å². The zero-order chi connectivity index (χ0) is 18.8. The van der Waals surface area contributed by atoms with E-state index in [0.29, 0.717) is 32.0 Å². The van der Waals surface area contributed by atoms with Gasteiger partial charge in [-0.1, -0.05) is 46.9 Å². The van der Waals surface area contributed by atoms with Crippen molar-refractivity contribution < 1.29 is 14.7 Å². The molecule has 26 heavy (non-hydrogen) atoms. The molecule has 9 heteroatoms. The Labute approximate surface area is 164 Å². The highest BCUT2D eigenvalue weighted by Gasteiger charge is 2.33. The molecular weight excluding hydrogens is 401 g/mol. The third kappa shape index (κ3) is 3.98. The molecule has 0 bridgehead atoms. The van der Waals surface area contributed by atoms with E-state index in [-0.39, 0.29) is 6.42 Å². The van der Waals surface area contributed by atoms with Gasteiger partial charge in [-0.2, -0.15) is 0 Å². The van der Waals surface area contributed by atoms with Crippen LogP contribution in [0.5, 0.6) is 0 Å². The average Bonchev–Trinajstić information content (AvgIpc) is 2.55. The predicted octanol–water partition coefficient (Wildman–Crippen LogP) is 4.78. The highest BCUT2D eigenvalue weighted by molar-refractivity contribution is 6.36. The summed E-state index contributed by atoms with van der Waals surface area (Å²) in [5.74, 6) is -1.04. The van der Waals surface area contributed by atoms with Gasteiger partial charge in [0.1, 0.15) is 6.04 Å². The van der Waals surface area contributed by atoms with Crippen molar-refractivity contribution in [1.29, 1.82) is 0 Å². The molecule has 2 amide bonds. The summed E-state index contributed by atoms with van der Waals surface area (Å²) in [5.41, 5.74) is 1.50. The number of carbonyl (C=O) groups is 2. The quantitative estimate of drug-likeness (QED) is 0.582. The number of aliphatic carboxylic acids is 1. The molecule has 1 aliphatic heterocycles. The maximum atomic E-state index is 12.4. The lowest BCUT2D eigenvalue weighted by Crippen LogP contribution is -2.42. The monoisotopic (exact) mass is 413 g/mol. The van der Waals surface area contributed by atoms with E-state index < -0.39 is 24.1 Å². The molecule has 2 aromatic carbocycles. The van der Waals surface area contributed by atoms with E-state index in [1.54, 1.807) is 36.4 Å². The van der Waals surface area contributed by atoms with Crippen LogP contribution in [-0.4, -0.2) is 23.1 Å². The van der Waals surface area contributed by atoms with Crippen LogP contribution in [0.4, 0.5) is 16.2 Å². The van der Waals surface area contributed by atoms with Crippen molar-refractivity contribution in [3.8, 4) is 0 Å². The van der Waals surface area contributed by atoms with Crippen LogP contribution >= 0.6 is 34.8 Å². The first-order chi connectivity index (χ1) is 12.3. The average molecular weight is 415 g/mol. The first kappa shape index (κ1) is 18.6. The summed E-state index contributed by atoms with van der Waals surface area (Å²) < 4.78 is 0. The van der Waals surface area contributed by atoms with Gasteiger partial charge >= 0.3 is 12.0 Å². The molecule has 2 atom stereocenters. The molecule has 0 radical (unpaired) electrons. The minimum absolute atomic E-state index is 0.125. The van der Waals surface area contributed by atoms with Gasteiger partial charge in [0.2, 0.25) is 0 Å². The third-order valence-electron chi connectivity index (χ3n) is 3.97. The van der Waals surface area contributed by atoms with Gasteiger partial charge in [0.15, 0.2) is 0 Å². The molecule has 0 fully saturated rings. The predicted molar refractivity (Wildman–Crippen MR) is 102 cm³/mol. The number of fused-ring (bicyclic) bond motifs is 1. The van der Waals surface area contributed by atoms with E-state index in [1.165, 1.54) is 0 Å². The second-order valence-corrected chi connectivity index (χ2v) is 7.00. The fraction of sp³-hybridized carbons (Fsp3) is 0.176. The Hall–Kier alpha value is -2.15. The van der Waals surface area contributed by atoms with Crippen molar-refractivity contribution >= 4 is 58.2 Å². The summed E-state index contributed by atoms with van der Waals surface area (Å²) >= 11 is 18.3. The molecule has 0 spiro atoms. The highest BCUT2D eigenvalue weighted by atomic mass is 35.5. The Morgan fingerprint density at radius 1 is 1.12 bits per heavy atom. The van der Waals surface area contributed by atoms with E-state index in [9.17, 15) is 14.7 Å². The normalized spacial score (nSPS) is 18.4. The summed E-state index contributed by atoms with van der Waals surface area (Å²) in [6.45, 7) is 0. The first-order valence-electron chi connectivity index (χ1n) is 7.65. The van der Waals surface area contributed by atoms with E-state index in [4.69, 9.17) is 34.8 Å². The second-order valence-electron chi connectivity index (χ2n) is 5.75. The van der Waals surface area contributed by atoms with Crippen molar-refractivity contribution in [3.05, 3.63) is 57.0 Å². The van der Waals surface area contributed by atoms with E-state index in [2.05, 4.69) is 16.0 Å². The van der Waals surface area contributed by atoms with Crippen molar-refractivity contribution in [3.63, 3.8) is 0 Å². The fourth-order valence-electron chi connectivity index (χ4n) is 2.83. The zero-order valence-electron chi connectivity index (χ0n) is 13.2. The van der Waals surface area contributed by atoms with Crippen LogP contribution in [0, 0.1) is 0 Å². The third-order valence-corrected chi connectivity index (χ3v) is 4.83. The Morgan fingerprint density at radius 3 is 2.54 bits per heavy atom. The zero-order valence-corrected chi connectivity index (χ0v) is 15.5. The van der Waals surface area contributed by atoms with E-state index in [1.807, 2.05) is 0 Å². The van der Waals surface area contributed by atoms with Gasteiger partial charge in [0.25, 0.3) is 0 Å². The number of amides is 2. The Balaban J connectivity index is 1.85. The number of anilines is 2. The van der Waals surface area contributed by atoms with Crippen molar-refractivity contribution in [1.82, 2.24) is 5.32 Å². The second kappa shape index (κ2) is 7.61. The van der Waals surface area contributed by atoms with Gasteiger partial charge in [-0.3, -0.25) is 0 Å². The molecule has 1 aliphatic rings. The fourth-order valence-corrected chi connectivity index (χ4v) is 3.64. The SMILES string of the molecule is O=C(Nc1ccccc1Cl)N[C@@H]1C[C@@H](C(=O)O)Nc2cc(Cl)cc(Cl)c21. The Kier molecular flexibility index (Phi) is 5.46. The van der Waals surface area contributed by atoms with Crippen LogP contribution in [0.1, 0.15) is 18.0 Å². The standard InChI is InChI=1S/C17H14Cl3N3O3/c18-8-5-10(20)15-12(6-8)21-14(16(24)25)7-13(15)23-17(26)22-11-4-2-1-3-9(11)19/h1-6,13-14,21H,7H2,(H,24,25)(H2,22,23,26)/t13-,14+/m1/s1. The lowest BCUT2D eigenvalue weighted by molar-refractivity contribution is -0.138. The van der Waals surface area contributed by atoms with Crippen molar-refractivity contribution in [2.75, 3.05) is 10.6 Å². The Morgan fingerprint density at radius 2 is 1.85 bits per heavy atom. The van der Waals surface area contributed by atoms with Gasteiger partial charge in [0, 0.05) is 27.7 Å². The van der Waals surface area contributed by atoms with Crippen LogP contribution in [-0.2, 0) is 4.79 Å². The molecule has 6 nitrogen and oxygen atoms in total. The summed E-state index contributed by atoms with van der Waals surface area (Å²) in [6.07, 6.45) is 0.125. The number of rotatable bonds is 3. The number of benzene rings is 2. The lowest BCUT2D eigenvalue weighted by atomic mass is 9.93. The minimum Gasteiger partial charge on any atom is -0.480 e. The number of hydrogen-bond donors (Lipinski definition) is 4. The van der Waals surface area contributed by atoms with Gasteiger partial charge in [-0.25, -0.2) is 9.59 Å². The molecule has 1 heterocycles. The van der Waals surface area contributed by atoms with Crippen LogP contribution < -0.4 is 16.0 Å².